The Kier molecular flexibility index (Phi) is 6.63. The van der Waals surface area contributed by atoms with Crippen LogP contribution in [-0.2, 0) is 0 Å². The molecule has 1 aromatic heterocycles. The summed E-state index contributed by atoms with van der Waals surface area (Å²) >= 11 is 0. The summed E-state index contributed by atoms with van der Waals surface area (Å²) in [6, 6.07) is 14.4. The van der Waals surface area contributed by atoms with Gasteiger partial charge in [0.1, 0.15) is 18.2 Å². The van der Waals surface area contributed by atoms with Crippen molar-refractivity contribution in [1.82, 2.24) is 9.47 Å². The molecule has 3 aromatic rings. The van der Waals surface area contributed by atoms with Crippen molar-refractivity contribution in [2.24, 2.45) is 0 Å². The maximum Gasteiger partial charge on any atom is 0.123 e. The SMILES string of the molecule is CCN(CC=CCOc1ccc2c(ccn2-c2ccc(F)cc2)c1)CCO. The molecule has 0 amide bonds. The zero-order valence-electron chi connectivity index (χ0n) is 15.5. The normalized spacial score (nSPS) is 11.7. The average molecular weight is 368 g/mol. The Labute approximate surface area is 159 Å². The number of halogens is 1. The van der Waals surface area contributed by atoms with Crippen LogP contribution in [0.3, 0.4) is 0 Å². The largest absolute Gasteiger partial charge is 0.490 e. The number of ether oxygens (including phenoxy) is 1. The van der Waals surface area contributed by atoms with E-state index in [1.54, 1.807) is 12.1 Å². The van der Waals surface area contributed by atoms with Crippen molar-refractivity contribution in [1.29, 1.82) is 0 Å². The second-order valence-corrected chi connectivity index (χ2v) is 6.28. The zero-order chi connectivity index (χ0) is 19.1. The lowest BCUT2D eigenvalue weighted by Gasteiger charge is -2.16. The number of aliphatic hydroxyl groups is 1. The molecule has 27 heavy (non-hydrogen) atoms. The fourth-order valence-corrected chi connectivity index (χ4v) is 2.99. The first kappa shape index (κ1) is 19.1. The Hall–Kier alpha value is -2.63. The molecule has 0 radical (unpaired) electrons. The Morgan fingerprint density at radius 2 is 1.93 bits per heavy atom. The smallest absolute Gasteiger partial charge is 0.123 e. The molecule has 0 aliphatic heterocycles. The van der Waals surface area contributed by atoms with Crippen molar-refractivity contribution in [2.45, 2.75) is 6.92 Å². The monoisotopic (exact) mass is 368 g/mol. The van der Waals surface area contributed by atoms with E-state index in [4.69, 9.17) is 9.84 Å². The molecule has 1 N–H and O–H groups in total. The van der Waals surface area contributed by atoms with Gasteiger partial charge in [-0.05, 0) is 55.1 Å². The first-order valence-electron chi connectivity index (χ1n) is 9.19. The minimum Gasteiger partial charge on any atom is -0.490 e. The van der Waals surface area contributed by atoms with Gasteiger partial charge < -0.3 is 14.4 Å². The van der Waals surface area contributed by atoms with Gasteiger partial charge in [0, 0.05) is 30.4 Å². The number of fused-ring (bicyclic) bond motifs is 1. The summed E-state index contributed by atoms with van der Waals surface area (Å²) in [7, 11) is 0. The molecule has 1 heterocycles. The van der Waals surface area contributed by atoms with Crippen LogP contribution in [0.5, 0.6) is 5.75 Å². The van der Waals surface area contributed by atoms with Crippen LogP contribution in [0, 0.1) is 5.82 Å². The molecule has 0 saturated heterocycles. The van der Waals surface area contributed by atoms with Gasteiger partial charge in [-0.2, -0.15) is 0 Å². The molecule has 0 aliphatic carbocycles. The summed E-state index contributed by atoms with van der Waals surface area (Å²) < 4.78 is 21.0. The molecule has 0 unspecified atom stereocenters. The summed E-state index contributed by atoms with van der Waals surface area (Å²) in [5, 5.41) is 10.1. The van der Waals surface area contributed by atoms with Crippen molar-refractivity contribution >= 4 is 10.9 Å². The second kappa shape index (κ2) is 9.35. The number of hydrogen-bond donors (Lipinski definition) is 1. The quantitative estimate of drug-likeness (QED) is 0.580. The van der Waals surface area contributed by atoms with E-state index < -0.39 is 0 Å². The molecule has 142 valence electrons. The van der Waals surface area contributed by atoms with Crippen LogP contribution in [0.15, 0.2) is 66.9 Å². The van der Waals surface area contributed by atoms with E-state index in [1.807, 2.05) is 41.1 Å². The first-order chi connectivity index (χ1) is 13.2. The third-order valence-corrected chi connectivity index (χ3v) is 4.51. The minimum absolute atomic E-state index is 0.176. The highest BCUT2D eigenvalue weighted by Gasteiger charge is 2.05. The van der Waals surface area contributed by atoms with Crippen molar-refractivity contribution in [2.75, 3.05) is 32.8 Å². The molecule has 2 aromatic carbocycles. The van der Waals surface area contributed by atoms with E-state index in [9.17, 15) is 4.39 Å². The summed E-state index contributed by atoms with van der Waals surface area (Å²) in [6.45, 7) is 5.15. The summed E-state index contributed by atoms with van der Waals surface area (Å²) in [4.78, 5) is 2.15. The number of benzene rings is 2. The van der Waals surface area contributed by atoms with Crippen molar-refractivity contribution in [3.63, 3.8) is 0 Å². The number of aromatic nitrogens is 1. The number of hydrogen-bond acceptors (Lipinski definition) is 3. The summed E-state index contributed by atoms with van der Waals surface area (Å²) in [6.07, 6.45) is 6.03. The van der Waals surface area contributed by atoms with Gasteiger partial charge in [-0.1, -0.05) is 19.1 Å². The van der Waals surface area contributed by atoms with Crippen LogP contribution in [0.2, 0.25) is 0 Å². The van der Waals surface area contributed by atoms with Gasteiger partial charge in [-0.3, -0.25) is 4.90 Å². The highest BCUT2D eigenvalue weighted by molar-refractivity contribution is 5.83. The Morgan fingerprint density at radius 1 is 1.11 bits per heavy atom. The van der Waals surface area contributed by atoms with Gasteiger partial charge in [0.2, 0.25) is 0 Å². The molecular formula is C22H25FN2O2. The zero-order valence-corrected chi connectivity index (χ0v) is 15.5. The predicted molar refractivity (Wildman–Crippen MR) is 107 cm³/mol. The van der Waals surface area contributed by atoms with Crippen LogP contribution in [0.4, 0.5) is 4.39 Å². The topological polar surface area (TPSA) is 37.6 Å². The molecule has 0 saturated carbocycles. The van der Waals surface area contributed by atoms with Gasteiger partial charge in [-0.15, -0.1) is 0 Å². The molecule has 0 bridgehead atoms. The van der Waals surface area contributed by atoms with Crippen LogP contribution < -0.4 is 4.74 Å². The lowest BCUT2D eigenvalue weighted by molar-refractivity contribution is 0.214. The van der Waals surface area contributed by atoms with Crippen LogP contribution in [0.1, 0.15) is 6.92 Å². The molecule has 3 rings (SSSR count). The van der Waals surface area contributed by atoms with E-state index in [2.05, 4.69) is 17.9 Å². The number of aliphatic hydroxyl groups excluding tert-OH is 1. The molecule has 0 aliphatic rings. The lowest BCUT2D eigenvalue weighted by Crippen LogP contribution is -2.26. The average Bonchev–Trinajstić information content (AvgIpc) is 3.10. The third-order valence-electron chi connectivity index (χ3n) is 4.51. The molecular weight excluding hydrogens is 343 g/mol. The van der Waals surface area contributed by atoms with Gasteiger partial charge >= 0.3 is 0 Å². The van der Waals surface area contributed by atoms with E-state index >= 15 is 0 Å². The Balaban J connectivity index is 1.61. The highest BCUT2D eigenvalue weighted by Crippen LogP contribution is 2.25. The maximum absolute atomic E-state index is 13.1. The van der Waals surface area contributed by atoms with Crippen molar-refractivity contribution < 1.29 is 14.2 Å². The number of nitrogens with zero attached hydrogens (tertiary/aromatic N) is 2. The summed E-state index contributed by atoms with van der Waals surface area (Å²) in [5.74, 6) is 0.573. The highest BCUT2D eigenvalue weighted by atomic mass is 19.1. The summed E-state index contributed by atoms with van der Waals surface area (Å²) in [5.41, 5.74) is 1.97. The molecule has 4 nitrogen and oxygen atoms in total. The lowest BCUT2D eigenvalue weighted by atomic mass is 10.2. The van der Waals surface area contributed by atoms with Crippen molar-refractivity contribution in [3.8, 4) is 11.4 Å². The Bertz CT molecular complexity index is 887. The van der Waals surface area contributed by atoms with Gasteiger partial charge in [0.15, 0.2) is 0 Å². The first-order valence-corrected chi connectivity index (χ1v) is 9.19. The van der Waals surface area contributed by atoms with Gasteiger partial charge in [0.05, 0.1) is 12.1 Å². The van der Waals surface area contributed by atoms with E-state index in [0.717, 1.165) is 35.4 Å². The Morgan fingerprint density at radius 3 is 2.67 bits per heavy atom. The second-order valence-electron chi connectivity index (χ2n) is 6.28. The van der Waals surface area contributed by atoms with Gasteiger partial charge in [-0.25, -0.2) is 4.39 Å². The fraction of sp³-hybridized carbons (Fsp3) is 0.273. The maximum atomic E-state index is 13.1. The predicted octanol–water partition coefficient (Wildman–Crippen LogP) is 4.02. The molecule has 5 heteroatoms. The minimum atomic E-state index is -0.239. The van der Waals surface area contributed by atoms with E-state index in [-0.39, 0.29) is 12.4 Å². The van der Waals surface area contributed by atoms with E-state index in [1.165, 1.54) is 12.1 Å². The standard InChI is InChI=1S/C22H25FN2O2/c1-2-24(14-15-26)12-3-4-16-27-21-9-10-22-18(17-21)11-13-25(22)20-7-5-19(23)6-8-20/h3-11,13,17,26H,2,12,14-16H2,1H3. The third kappa shape index (κ3) is 4.96. The molecule has 0 atom stereocenters. The fourth-order valence-electron chi connectivity index (χ4n) is 2.99. The van der Waals surface area contributed by atoms with Crippen LogP contribution in [-0.4, -0.2) is 47.4 Å². The van der Waals surface area contributed by atoms with Crippen LogP contribution >= 0.6 is 0 Å². The number of rotatable bonds is 9. The van der Waals surface area contributed by atoms with Gasteiger partial charge in [0.25, 0.3) is 0 Å². The molecule has 0 spiro atoms. The van der Waals surface area contributed by atoms with Crippen molar-refractivity contribution in [3.05, 3.63) is 72.7 Å². The number of likely N-dealkylation sites (N-methyl/N-ethyl adjacent to an activating group) is 1. The van der Waals surface area contributed by atoms with Crippen LogP contribution in [0.25, 0.3) is 16.6 Å². The molecule has 0 fully saturated rings. The van der Waals surface area contributed by atoms with E-state index in [0.29, 0.717) is 13.2 Å².